The number of benzene rings is 2. The summed E-state index contributed by atoms with van der Waals surface area (Å²) in [7, 11) is 0. The monoisotopic (exact) mass is 357 g/mol. The molecule has 0 saturated heterocycles. The van der Waals surface area contributed by atoms with Gasteiger partial charge in [-0.1, -0.05) is 56.3 Å². The molecule has 0 fully saturated rings. The Balaban J connectivity index is 1.93. The highest BCUT2D eigenvalue weighted by Gasteiger charge is 2.27. The summed E-state index contributed by atoms with van der Waals surface area (Å²) >= 11 is 0. The van der Waals surface area contributed by atoms with Gasteiger partial charge in [-0.3, -0.25) is 0 Å². The maximum Gasteiger partial charge on any atom is 0.336 e. The molecular formula is C24H23NO2. The largest absolute Gasteiger partial charge is 0.478 e. The average Bonchev–Trinajstić information content (AvgIpc) is 2.66. The minimum Gasteiger partial charge on any atom is -0.478 e. The summed E-state index contributed by atoms with van der Waals surface area (Å²) < 4.78 is 0. The number of fused-ring (bicyclic) bond motifs is 2. The zero-order chi connectivity index (χ0) is 19.0. The summed E-state index contributed by atoms with van der Waals surface area (Å²) in [5.41, 5.74) is 6.45. The van der Waals surface area contributed by atoms with E-state index >= 15 is 0 Å². The van der Waals surface area contributed by atoms with E-state index < -0.39 is 5.97 Å². The van der Waals surface area contributed by atoms with E-state index in [1.54, 1.807) is 0 Å². The second-order valence-corrected chi connectivity index (χ2v) is 7.41. The molecule has 4 rings (SSSR count). The molecule has 1 N–H and O–H groups in total. The minimum atomic E-state index is -0.870. The van der Waals surface area contributed by atoms with E-state index in [1.807, 2.05) is 24.3 Å². The van der Waals surface area contributed by atoms with Gasteiger partial charge in [0.25, 0.3) is 0 Å². The SMILES string of the molecule is CCc1ccc(C=C2CC(C)Cc3c2nc2ccccc2c3C(=O)O)cc1. The quantitative estimate of drug-likeness (QED) is 0.662. The highest BCUT2D eigenvalue weighted by atomic mass is 16.4. The van der Waals surface area contributed by atoms with E-state index in [2.05, 4.69) is 44.2 Å². The molecule has 136 valence electrons. The van der Waals surface area contributed by atoms with Gasteiger partial charge in [0.15, 0.2) is 0 Å². The number of carboxylic acids is 1. The average molecular weight is 357 g/mol. The maximum atomic E-state index is 12.1. The lowest BCUT2D eigenvalue weighted by molar-refractivity contribution is 0.0697. The van der Waals surface area contributed by atoms with Crippen LogP contribution in [0.15, 0.2) is 48.5 Å². The zero-order valence-electron chi connectivity index (χ0n) is 15.7. The van der Waals surface area contributed by atoms with Crippen molar-refractivity contribution in [2.75, 3.05) is 0 Å². The van der Waals surface area contributed by atoms with Crippen molar-refractivity contribution in [3.05, 3.63) is 76.5 Å². The van der Waals surface area contributed by atoms with Gasteiger partial charge < -0.3 is 5.11 Å². The summed E-state index contributed by atoms with van der Waals surface area (Å²) in [6.45, 7) is 4.33. The fourth-order valence-electron chi connectivity index (χ4n) is 4.03. The van der Waals surface area contributed by atoms with Crippen molar-refractivity contribution in [1.29, 1.82) is 0 Å². The van der Waals surface area contributed by atoms with E-state index in [9.17, 15) is 9.90 Å². The van der Waals surface area contributed by atoms with Crippen LogP contribution in [0, 0.1) is 5.92 Å². The number of pyridine rings is 1. The fraction of sp³-hybridized carbons (Fsp3) is 0.250. The predicted molar refractivity (Wildman–Crippen MR) is 110 cm³/mol. The Bertz CT molecular complexity index is 1050. The Labute approximate surface area is 159 Å². The first-order chi connectivity index (χ1) is 13.1. The number of para-hydroxylation sites is 1. The molecule has 3 heteroatoms. The molecule has 1 aliphatic carbocycles. The van der Waals surface area contributed by atoms with Crippen molar-refractivity contribution < 1.29 is 9.90 Å². The molecule has 1 heterocycles. The number of aromatic carboxylic acids is 1. The van der Waals surface area contributed by atoms with Crippen molar-refractivity contribution in [3.8, 4) is 0 Å². The molecule has 0 bridgehead atoms. The van der Waals surface area contributed by atoms with E-state index in [1.165, 1.54) is 5.56 Å². The van der Waals surface area contributed by atoms with Gasteiger partial charge >= 0.3 is 5.97 Å². The van der Waals surface area contributed by atoms with Crippen molar-refractivity contribution in [2.45, 2.75) is 33.1 Å². The van der Waals surface area contributed by atoms with Gasteiger partial charge in [-0.2, -0.15) is 0 Å². The number of carbonyl (C=O) groups is 1. The van der Waals surface area contributed by atoms with Crippen LogP contribution in [0.5, 0.6) is 0 Å². The van der Waals surface area contributed by atoms with E-state index in [-0.39, 0.29) is 0 Å². The van der Waals surface area contributed by atoms with Crippen LogP contribution in [-0.4, -0.2) is 16.1 Å². The van der Waals surface area contributed by atoms with Crippen LogP contribution in [0.1, 0.15) is 53.0 Å². The van der Waals surface area contributed by atoms with Gasteiger partial charge in [0.2, 0.25) is 0 Å². The number of aromatic nitrogens is 1. The van der Waals surface area contributed by atoms with Crippen LogP contribution in [-0.2, 0) is 12.8 Å². The number of rotatable bonds is 3. The predicted octanol–water partition coefficient (Wildman–Crippen LogP) is 5.62. The second-order valence-electron chi connectivity index (χ2n) is 7.41. The van der Waals surface area contributed by atoms with Gasteiger partial charge in [-0.05, 0) is 59.6 Å². The van der Waals surface area contributed by atoms with Gasteiger partial charge in [0, 0.05) is 5.39 Å². The molecule has 0 radical (unpaired) electrons. The molecule has 2 aromatic carbocycles. The molecule has 0 saturated carbocycles. The number of nitrogens with zero attached hydrogens (tertiary/aromatic N) is 1. The number of hydrogen-bond acceptors (Lipinski definition) is 2. The first-order valence-corrected chi connectivity index (χ1v) is 9.51. The third-order valence-electron chi connectivity index (χ3n) is 5.36. The molecular weight excluding hydrogens is 334 g/mol. The Kier molecular flexibility index (Phi) is 4.53. The molecule has 0 spiro atoms. The summed E-state index contributed by atoms with van der Waals surface area (Å²) in [6, 6.07) is 16.1. The zero-order valence-corrected chi connectivity index (χ0v) is 15.7. The number of aryl methyl sites for hydroxylation is 1. The smallest absolute Gasteiger partial charge is 0.336 e. The molecule has 3 nitrogen and oxygen atoms in total. The molecule has 0 aliphatic heterocycles. The Hall–Kier alpha value is -2.94. The van der Waals surface area contributed by atoms with Crippen LogP contribution >= 0.6 is 0 Å². The van der Waals surface area contributed by atoms with Crippen LogP contribution in [0.3, 0.4) is 0 Å². The first-order valence-electron chi connectivity index (χ1n) is 9.51. The lowest BCUT2D eigenvalue weighted by Crippen LogP contribution is -2.17. The van der Waals surface area contributed by atoms with Crippen molar-refractivity contribution in [3.63, 3.8) is 0 Å². The molecule has 1 unspecified atom stereocenters. The standard InChI is InChI=1S/C24H23NO2/c1-3-16-8-10-17(11-9-16)14-18-12-15(2)13-20-22(24(26)27)19-6-4-5-7-21(19)25-23(18)20/h4-11,14-15H,3,12-13H2,1-2H3,(H,26,27). The van der Waals surface area contributed by atoms with Gasteiger partial charge in [0.05, 0.1) is 16.8 Å². The molecule has 27 heavy (non-hydrogen) atoms. The molecule has 0 amide bonds. The van der Waals surface area contributed by atoms with E-state index in [0.29, 0.717) is 11.5 Å². The first kappa shape index (κ1) is 17.5. The topological polar surface area (TPSA) is 50.2 Å². The van der Waals surface area contributed by atoms with Gasteiger partial charge in [0.1, 0.15) is 0 Å². The second kappa shape index (κ2) is 6.99. The highest BCUT2D eigenvalue weighted by Crippen LogP contribution is 2.38. The maximum absolute atomic E-state index is 12.1. The lowest BCUT2D eigenvalue weighted by Gasteiger charge is -2.26. The van der Waals surface area contributed by atoms with Crippen LogP contribution < -0.4 is 0 Å². The van der Waals surface area contributed by atoms with Gasteiger partial charge in [-0.25, -0.2) is 9.78 Å². The highest BCUT2D eigenvalue weighted by molar-refractivity contribution is 6.05. The van der Waals surface area contributed by atoms with Crippen molar-refractivity contribution in [1.82, 2.24) is 4.98 Å². The number of carboxylic acid groups (broad SMARTS) is 1. The summed E-state index contributed by atoms with van der Waals surface area (Å²) in [5.74, 6) is -0.481. The third kappa shape index (κ3) is 3.25. The number of hydrogen-bond donors (Lipinski definition) is 1. The number of allylic oxidation sites excluding steroid dienone is 1. The molecule has 3 aromatic rings. The van der Waals surface area contributed by atoms with E-state index in [4.69, 9.17) is 4.98 Å². The third-order valence-corrected chi connectivity index (χ3v) is 5.36. The summed E-state index contributed by atoms with van der Waals surface area (Å²) in [6.07, 6.45) is 4.85. The molecule has 1 aromatic heterocycles. The Morgan fingerprint density at radius 1 is 1.15 bits per heavy atom. The Morgan fingerprint density at radius 3 is 2.59 bits per heavy atom. The van der Waals surface area contributed by atoms with Crippen LogP contribution in [0.25, 0.3) is 22.6 Å². The van der Waals surface area contributed by atoms with Crippen LogP contribution in [0.2, 0.25) is 0 Å². The Morgan fingerprint density at radius 2 is 1.89 bits per heavy atom. The summed E-state index contributed by atoms with van der Waals surface area (Å²) in [5, 5.41) is 10.6. The minimum absolute atomic E-state index is 0.389. The normalized spacial score (nSPS) is 17.9. The lowest BCUT2D eigenvalue weighted by atomic mass is 9.80. The van der Waals surface area contributed by atoms with E-state index in [0.717, 1.165) is 52.6 Å². The van der Waals surface area contributed by atoms with Gasteiger partial charge in [-0.15, -0.1) is 0 Å². The van der Waals surface area contributed by atoms with Crippen LogP contribution in [0.4, 0.5) is 0 Å². The molecule has 1 aliphatic rings. The molecule has 1 atom stereocenters. The fourth-order valence-corrected chi connectivity index (χ4v) is 4.03. The van der Waals surface area contributed by atoms with Crippen molar-refractivity contribution >= 4 is 28.5 Å². The summed E-state index contributed by atoms with van der Waals surface area (Å²) in [4.78, 5) is 17.0. The van der Waals surface area contributed by atoms with Crippen molar-refractivity contribution in [2.24, 2.45) is 5.92 Å².